The van der Waals surface area contributed by atoms with E-state index in [-0.39, 0.29) is 81.6 Å². The Morgan fingerprint density at radius 2 is 1.35 bits per heavy atom. The van der Waals surface area contributed by atoms with Gasteiger partial charge in [0.2, 0.25) is 53.2 Å². The van der Waals surface area contributed by atoms with Crippen LogP contribution in [0.1, 0.15) is 157 Å². The number of carboxylic acids is 1. The zero-order chi connectivity index (χ0) is 78.1. The minimum absolute atomic E-state index is 0.00530. The molecular formula is C73H106FN11O19. The molecule has 30 nitrogen and oxygen atoms in total. The van der Waals surface area contributed by atoms with Crippen molar-refractivity contribution in [1.82, 2.24) is 46.6 Å². The summed E-state index contributed by atoms with van der Waals surface area (Å²) >= 11 is 0. The molecule has 31 heteroatoms. The fraction of sp³-hybridized carbons (Fsp3) is 0.616. The van der Waals surface area contributed by atoms with E-state index < -0.39 is 235 Å². The number of aliphatic imine (C=N–C) groups is 1. The van der Waals surface area contributed by atoms with Gasteiger partial charge in [-0.15, -0.1) is 0 Å². The number of carboxylic acid groups (broad SMARTS) is 1. The van der Waals surface area contributed by atoms with Crippen LogP contribution in [0.3, 0.4) is 0 Å². The molecule has 0 spiro atoms. The number of amides is 9. The molecule has 0 bridgehead atoms. The lowest BCUT2D eigenvalue weighted by molar-refractivity contribution is -0.149. The minimum atomic E-state index is -1.91. The number of aliphatic hydroxyl groups excluding tert-OH is 2. The minimum Gasteiger partial charge on any atom is -0.505 e. The van der Waals surface area contributed by atoms with E-state index >= 15 is 4.79 Å². The molecule has 0 radical (unpaired) electrons. The molecule has 2 saturated heterocycles. The third-order valence-electron chi connectivity index (χ3n) is 19.4. The molecular weight excluding hydrogens is 1350 g/mol. The lowest BCUT2D eigenvalue weighted by atomic mass is 9.78. The van der Waals surface area contributed by atoms with Crippen LogP contribution in [0.25, 0.3) is 0 Å². The van der Waals surface area contributed by atoms with Crippen LogP contribution in [0.15, 0.2) is 53.5 Å². The molecule has 2 aliphatic heterocycles. The van der Waals surface area contributed by atoms with Gasteiger partial charge < -0.3 is 77.6 Å². The molecule has 2 aliphatic rings. The summed E-state index contributed by atoms with van der Waals surface area (Å²) in [5.41, 5.74) is 6.25. The number of aliphatic carboxylic acids is 1. The van der Waals surface area contributed by atoms with E-state index in [4.69, 9.17) is 5.73 Å². The molecule has 104 heavy (non-hydrogen) atoms. The first-order valence-corrected chi connectivity index (χ1v) is 35.4. The summed E-state index contributed by atoms with van der Waals surface area (Å²) in [6.45, 7) is 13.4. The van der Waals surface area contributed by atoms with Crippen molar-refractivity contribution in [3.05, 3.63) is 65.5 Å². The molecule has 2 aromatic carbocycles. The number of benzene rings is 2. The number of phenolic OH excluding ortho intramolecular Hbond substituents is 1. The maximum Gasteiger partial charge on any atom is 0.306 e. The third kappa shape index (κ3) is 26.1. The number of nitrogens with two attached hydrogens (primary N) is 1. The van der Waals surface area contributed by atoms with Crippen molar-refractivity contribution in [2.45, 2.75) is 220 Å². The van der Waals surface area contributed by atoms with Gasteiger partial charge in [-0.25, -0.2) is 4.39 Å². The molecule has 9 amide bonds. The summed E-state index contributed by atoms with van der Waals surface area (Å²) in [4.78, 5) is 221. The summed E-state index contributed by atoms with van der Waals surface area (Å²) in [5.74, 6) is -21.6. The van der Waals surface area contributed by atoms with Gasteiger partial charge in [0, 0.05) is 77.5 Å². The molecule has 2 aromatic rings. The monoisotopic (exact) mass is 1460 g/mol. The SMILES string of the molecule is CC[C@H](C)[C@@H]1NC(=O)CNC(=O)[C@H](Cc2ccc(O)c(F)c2)NC(=O)[C@H]([C@@H](C)O)NC(=O)[C@H](C)NC(=O)[C@H](CCC(C)=O)CC(=O)[C@H]([C@@H](C)O)CC(=O)[C@H](C(C)C)CC(=O)[C@H](Cc2ccccc2)N(C)C(=O)[C@H](C)N(C)C(=O)C[C@@H](C(=O)N2CCC[C@H]2C(=O)C[C@@H](CCCN=C(C)N)C(=O)O)NC1=O. The first-order valence-electron chi connectivity index (χ1n) is 35.4. The highest BCUT2D eigenvalue weighted by atomic mass is 19.1. The van der Waals surface area contributed by atoms with E-state index in [1.54, 1.807) is 65.0 Å². The molecule has 4 rings (SSSR count). The van der Waals surface area contributed by atoms with Gasteiger partial charge in [0.1, 0.15) is 53.6 Å². The quantitative estimate of drug-likeness (QED) is 0.0477. The number of halogens is 1. The second-order valence-electron chi connectivity index (χ2n) is 28.0. The summed E-state index contributed by atoms with van der Waals surface area (Å²) in [7, 11) is 2.57. The zero-order valence-corrected chi connectivity index (χ0v) is 61.5. The highest BCUT2D eigenvalue weighted by Crippen LogP contribution is 2.29. The van der Waals surface area contributed by atoms with Crippen molar-refractivity contribution in [2.24, 2.45) is 46.2 Å². The number of Topliss-reactive ketones (excluding diaryl/α,β-unsaturated/α-hetero) is 5. The normalized spacial score (nSPS) is 25.7. The predicted octanol–water partition coefficient (Wildman–Crippen LogP) is 1.32. The Bertz CT molecular complexity index is 3460. The summed E-state index contributed by atoms with van der Waals surface area (Å²) in [5, 5.41) is 56.9. The Labute approximate surface area is 605 Å². The van der Waals surface area contributed by atoms with Gasteiger partial charge >= 0.3 is 5.97 Å². The maximum absolute atomic E-state index is 15.2. The van der Waals surface area contributed by atoms with Gasteiger partial charge in [-0.2, -0.15) is 0 Å². The lowest BCUT2D eigenvalue weighted by Gasteiger charge is -2.35. The Kier molecular flexibility index (Phi) is 34.5. The third-order valence-corrected chi connectivity index (χ3v) is 19.4. The second kappa shape index (κ2) is 41.2. The fourth-order valence-corrected chi connectivity index (χ4v) is 12.5. The number of rotatable bonds is 21. The number of likely N-dealkylation sites (tertiary alicyclic amines) is 1. The van der Waals surface area contributed by atoms with Crippen LogP contribution in [-0.4, -0.2) is 223 Å². The van der Waals surface area contributed by atoms with Crippen molar-refractivity contribution >= 4 is 93.9 Å². The first kappa shape index (κ1) is 87.0. The molecule has 2 fully saturated rings. The van der Waals surface area contributed by atoms with Crippen LogP contribution in [-0.2, 0) is 84.8 Å². The topological polar surface area (TPSA) is 457 Å². The Balaban J connectivity index is 1.89. The number of ketones is 5. The number of carbonyl (C=O) groups is 15. The van der Waals surface area contributed by atoms with Gasteiger partial charge in [0.15, 0.2) is 23.1 Å². The van der Waals surface area contributed by atoms with Crippen molar-refractivity contribution in [1.29, 1.82) is 0 Å². The highest BCUT2D eigenvalue weighted by molar-refractivity contribution is 6.01. The van der Waals surface area contributed by atoms with Crippen molar-refractivity contribution in [2.75, 3.05) is 33.7 Å². The molecule has 0 unspecified atom stereocenters. The summed E-state index contributed by atoms with van der Waals surface area (Å²) in [6.07, 6.45) is -6.77. The zero-order valence-electron chi connectivity index (χ0n) is 61.5. The number of nitrogens with zero attached hydrogens (tertiary/aromatic N) is 4. The number of aliphatic hydroxyl groups is 2. The number of likely N-dealkylation sites (N-methyl/N-ethyl adjacent to an activating group) is 2. The number of hydrogen-bond donors (Lipinski definition) is 11. The lowest BCUT2D eigenvalue weighted by Crippen LogP contribution is -2.60. The van der Waals surface area contributed by atoms with Gasteiger partial charge in [-0.1, -0.05) is 70.5 Å². The van der Waals surface area contributed by atoms with Crippen LogP contribution in [0, 0.1) is 41.3 Å². The molecule has 0 aliphatic carbocycles. The molecule has 0 saturated carbocycles. The molecule has 0 aromatic heterocycles. The van der Waals surface area contributed by atoms with Crippen molar-refractivity contribution in [3.8, 4) is 5.75 Å². The van der Waals surface area contributed by atoms with Crippen molar-refractivity contribution in [3.63, 3.8) is 0 Å². The van der Waals surface area contributed by atoms with E-state index in [9.17, 15) is 91.9 Å². The molecule has 15 atom stereocenters. The van der Waals surface area contributed by atoms with Crippen LogP contribution >= 0.6 is 0 Å². The summed E-state index contributed by atoms with van der Waals surface area (Å²) < 4.78 is 14.8. The molecule has 2 heterocycles. The number of aromatic hydroxyl groups is 1. The Morgan fingerprint density at radius 1 is 0.712 bits per heavy atom. The average molecular weight is 1460 g/mol. The van der Waals surface area contributed by atoms with E-state index in [0.29, 0.717) is 5.56 Å². The van der Waals surface area contributed by atoms with Crippen molar-refractivity contribution < 1.29 is 96.7 Å². The molecule has 12 N–H and O–H groups in total. The molecule has 574 valence electrons. The number of nitrogens with one attached hydrogen (secondary N) is 6. The Morgan fingerprint density at radius 3 is 1.93 bits per heavy atom. The highest BCUT2D eigenvalue weighted by Gasteiger charge is 2.44. The number of carbonyl (C=O) groups excluding carboxylic acids is 14. The summed E-state index contributed by atoms with van der Waals surface area (Å²) in [6, 6.07) is -1.02. The number of hydrogen-bond acceptors (Lipinski definition) is 19. The predicted molar refractivity (Wildman–Crippen MR) is 377 cm³/mol. The standard InChI is InChI=1S/C73H106FN11O19/c1-13-39(4)64-69(99)80-54(72(102)85-28-18-22-55(85)60(92)33-49(73(103)104)21-17-27-76-45(10)75)36-63(95)83(11)42(7)71(101)84(12)56(31-46-19-15-14-16-20-46)61(93)34-50(38(2)3)59(91)35-51(43(8)87)58(90)32-48(25-23-40(5)86)67(97)78-41(6)66(96)82-65(44(9)88)70(100)79-53(68(98)77-37-62(94)81-64)30-47-24-26-57(89)52(74)29-47/h14-16,19-20,24,26,29,38-39,41-44,48-51,53-56,64-65,87-89H,13,17-18,21-23,25,27-28,30-37H2,1-12H3,(H2,75,76)(H,77,98)(H,78,97)(H,79,100)(H,80,99)(H,81,94)(H,82,96)(H,103,104)/t39-,41-,42-,43+,44+,48+,49+,50-,51-,53-,54-,55-,56-,64-,65-/m0/s1. The fourth-order valence-electron chi connectivity index (χ4n) is 12.5. The van der Waals surface area contributed by atoms with Gasteiger partial charge in [0.25, 0.3) is 0 Å². The first-order chi connectivity index (χ1) is 48.8. The largest absolute Gasteiger partial charge is 0.505 e. The Hall–Kier alpha value is -9.39. The van der Waals surface area contributed by atoms with Crippen LogP contribution in [0.4, 0.5) is 4.39 Å². The van der Waals surface area contributed by atoms with Crippen LogP contribution < -0.4 is 37.6 Å². The van der Waals surface area contributed by atoms with E-state index in [1.807, 2.05) is 0 Å². The smallest absolute Gasteiger partial charge is 0.306 e. The maximum atomic E-state index is 15.2. The van der Waals surface area contributed by atoms with Gasteiger partial charge in [-0.3, -0.25) is 72.1 Å². The van der Waals surface area contributed by atoms with E-state index in [1.165, 1.54) is 47.9 Å². The van der Waals surface area contributed by atoms with E-state index in [2.05, 4.69) is 36.9 Å². The average Bonchev–Trinajstić information content (AvgIpc) is 1.29. The number of amidine groups is 1. The second-order valence-corrected chi connectivity index (χ2v) is 28.0. The van der Waals surface area contributed by atoms with Crippen LogP contribution in [0.2, 0.25) is 0 Å². The number of phenols is 1. The van der Waals surface area contributed by atoms with Crippen LogP contribution in [0.5, 0.6) is 5.75 Å². The van der Waals surface area contributed by atoms with Gasteiger partial charge in [0.05, 0.1) is 54.9 Å². The van der Waals surface area contributed by atoms with Gasteiger partial charge in [-0.05, 0) is 115 Å². The van der Waals surface area contributed by atoms with E-state index in [0.717, 1.165) is 33.8 Å².